The van der Waals surface area contributed by atoms with E-state index >= 15 is 0 Å². The normalized spacial score (nSPS) is 14.2. The van der Waals surface area contributed by atoms with Crippen LogP contribution in [0.2, 0.25) is 5.02 Å². The molecule has 6 nitrogen and oxygen atoms in total. The van der Waals surface area contributed by atoms with Crippen LogP contribution in [-0.4, -0.2) is 59.0 Å². The summed E-state index contributed by atoms with van der Waals surface area (Å²) in [5, 5.41) is 7.73. The first kappa shape index (κ1) is 31.5. The van der Waals surface area contributed by atoms with Crippen LogP contribution in [0.5, 0.6) is 0 Å². The predicted molar refractivity (Wildman–Crippen MR) is 152 cm³/mol. The second-order valence-electron chi connectivity index (χ2n) is 10.4. The lowest BCUT2D eigenvalue weighted by molar-refractivity contribution is -0.137. The molecule has 2 heterocycles. The minimum atomic E-state index is -4.69. The molecule has 4 rings (SSSR count). The molecule has 0 radical (unpaired) electrons. The first-order chi connectivity index (χ1) is 18.3. The average molecular weight is 595 g/mol. The van der Waals surface area contributed by atoms with Crippen LogP contribution in [0.1, 0.15) is 48.0 Å². The van der Waals surface area contributed by atoms with Gasteiger partial charge in [-0.1, -0.05) is 35.6 Å². The Bertz CT molecular complexity index is 1410. The fourth-order valence-corrected chi connectivity index (χ4v) is 4.40. The molecule has 0 bridgehead atoms. The minimum absolute atomic E-state index is 0. The van der Waals surface area contributed by atoms with Crippen molar-refractivity contribution in [1.29, 1.82) is 0 Å². The largest absolute Gasteiger partial charge is 0.418 e. The molecule has 1 aromatic heterocycles. The number of ether oxygens (including phenoxy) is 1. The Morgan fingerprint density at radius 2 is 1.75 bits per heavy atom. The Kier molecular flexibility index (Phi) is 9.96. The van der Waals surface area contributed by atoms with E-state index in [1.54, 1.807) is 31.2 Å². The van der Waals surface area contributed by atoms with E-state index in [0.29, 0.717) is 41.6 Å². The van der Waals surface area contributed by atoms with Crippen LogP contribution in [0.3, 0.4) is 0 Å². The lowest BCUT2D eigenvalue weighted by atomic mass is 10.0. The summed E-state index contributed by atoms with van der Waals surface area (Å²) in [6.45, 7) is 10.3. The van der Waals surface area contributed by atoms with Crippen LogP contribution in [0, 0.1) is 18.8 Å². The van der Waals surface area contributed by atoms with Crippen molar-refractivity contribution in [3.8, 4) is 28.8 Å². The van der Waals surface area contributed by atoms with Crippen molar-refractivity contribution in [1.82, 2.24) is 20.0 Å². The summed E-state index contributed by atoms with van der Waals surface area (Å²) in [4.78, 5) is 15.2. The molecule has 1 N–H and O–H groups in total. The van der Waals surface area contributed by atoms with Crippen LogP contribution in [0.25, 0.3) is 16.9 Å². The van der Waals surface area contributed by atoms with Crippen molar-refractivity contribution >= 4 is 29.9 Å². The monoisotopic (exact) mass is 594 g/mol. The summed E-state index contributed by atoms with van der Waals surface area (Å²) < 4.78 is 49.7. The first-order valence-electron chi connectivity index (χ1n) is 12.5. The van der Waals surface area contributed by atoms with Gasteiger partial charge >= 0.3 is 6.18 Å². The van der Waals surface area contributed by atoms with Crippen LogP contribution in [0.15, 0.2) is 42.5 Å². The van der Waals surface area contributed by atoms with Gasteiger partial charge in [0.15, 0.2) is 5.69 Å². The zero-order valence-electron chi connectivity index (χ0n) is 22.7. The number of carbonyl (C=O) groups is 1. The molecule has 1 saturated heterocycles. The van der Waals surface area contributed by atoms with Gasteiger partial charge in [0.1, 0.15) is 0 Å². The lowest BCUT2D eigenvalue weighted by Crippen LogP contribution is -2.41. The van der Waals surface area contributed by atoms with Crippen LogP contribution in [-0.2, 0) is 10.9 Å². The lowest BCUT2D eigenvalue weighted by Gasteiger charge is -2.24. The summed E-state index contributed by atoms with van der Waals surface area (Å²) in [6, 6.07) is 10.6. The van der Waals surface area contributed by atoms with Gasteiger partial charge in [-0.25, -0.2) is 4.68 Å². The van der Waals surface area contributed by atoms with Crippen molar-refractivity contribution < 1.29 is 22.7 Å². The van der Waals surface area contributed by atoms with Gasteiger partial charge in [-0.3, -0.25) is 9.69 Å². The molecule has 0 spiro atoms. The molecule has 3 aromatic rings. The molecule has 1 aliphatic heterocycles. The van der Waals surface area contributed by atoms with Crippen LogP contribution >= 0.6 is 24.0 Å². The maximum atomic E-state index is 14.4. The maximum Gasteiger partial charge on any atom is 0.418 e. The first-order valence-corrected chi connectivity index (χ1v) is 12.9. The fraction of sp³-hybridized carbons (Fsp3) is 0.379. The molecule has 1 fully saturated rings. The van der Waals surface area contributed by atoms with E-state index in [4.69, 9.17) is 16.3 Å². The molecule has 2 aromatic carbocycles. The number of nitrogens with one attached hydrogen (secondary N) is 1. The average Bonchev–Trinajstić information content (AvgIpc) is 3.20. The molecule has 40 heavy (non-hydrogen) atoms. The summed E-state index contributed by atoms with van der Waals surface area (Å²) >= 11 is 6.06. The number of halogens is 5. The standard InChI is InChI=1S/C29H30ClF3N4O2.ClH/c1-19-25(27(38)34-28(2,3)4)35-37(26(19)21-8-10-22(30)11-9-21)24-12-7-20(18-23(24)29(31,32)33)6-5-13-36-14-16-39-17-15-36;/h7-12,18H,13-17H2,1-4H3,(H,34,38);1H. The second kappa shape index (κ2) is 12.6. The number of rotatable bonds is 4. The molecule has 0 aliphatic carbocycles. The molecule has 0 saturated carbocycles. The van der Waals surface area contributed by atoms with Crippen molar-refractivity contribution in [2.24, 2.45) is 0 Å². The number of carbonyl (C=O) groups excluding carboxylic acids is 1. The van der Waals surface area contributed by atoms with Gasteiger partial charge in [-0.15, -0.1) is 12.4 Å². The van der Waals surface area contributed by atoms with E-state index in [0.717, 1.165) is 19.2 Å². The molecule has 0 atom stereocenters. The van der Waals surface area contributed by atoms with Gasteiger partial charge in [0.25, 0.3) is 5.91 Å². The van der Waals surface area contributed by atoms with Crippen molar-refractivity contribution in [3.05, 3.63) is 69.9 Å². The summed E-state index contributed by atoms with van der Waals surface area (Å²) in [7, 11) is 0. The smallest absolute Gasteiger partial charge is 0.379 e. The van der Waals surface area contributed by atoms with Gasteiger partial charge in [0, 0.05) is 40.3 Å². The van der Waals surface area contributed by atoms with Gasteiger partial charge in [-0.05, 0) is 58.0 Å². The summed E-state index contributed by atoms with van der Waals surface area (Å²) in [5.74, 6) is 5.34. The molecule has 1 aliphatic rings. The van der Waals surface area contributed by atoms with E-state index in [2.05, 4.69) is 27.2 Å². The molecular weight excluding hydrogens is 564 g/mol. The fourth-order valence-electron chi connectivity index (χ4n) is 4.27. The third kappa shape index (κ3) is 7.58. The Morgan fingerprint density at radius 3 is 2.35 bits per heavy atom. The zero-order chi connectivity index (χ0) is 28.4. The number of amides is 1. The number of alkyl halides is 3. The van der Waals surface area contributed by atoms with E-state index in [-0.39, 0.29) is 29.4 Å². The zero-order valence-corrected chi connectivity index (χ0v) is 24.2. The van der Waals surface area contributed by atoms with Crippen LogP contribution in [0.4, 0.5) is 13.2 Å². The van der Waals surface area contributed by atoms with E-state index in [1.807, 2.05) is 20.8 Å². The summed E-state index contributed by atoms with van der Waals surface area (Å²) in [6.07, 6.45) is -4.69. The molecule has 1 amide bonds. The highest BCUT2D eigenvalue weighted by molar-refractivity contribution is 6.30. The van der Waals surface area contributed by atoms with Gasteiger partial charge in [-0.2, -0.15) is 18.3 Å². The molecule has 0 unspecified atom stereocenters. The Labute approximate surface area is 243 Å². The molecule has 214 valence electrons. The van der Waals surface area contributed by atoms with E-state index < -0.39 is 23.2 Å². The highest BCUT2D eigenvalue weighted by atomic mass is 35.5. The Hall–Kier alpha value is -3.03. The van der Waals surface area contributed by atoms with Crippen LogP contribution < -0.4 is 5.32 Å². The maximum absolute atomic E-state index is 14.4. The quantitative estimate of drug-likeness (QED) is 0.368. The highest BCUT2D eigenvalue weighted by Gasteiger charge is 2.36. The minimum Gasteiger partial charge on any atom is -0.379 e. The predicted octanol–water partition coefficient (Wildman–Crippen LogP) is 6.15. The third-order valence-corrected chi connectivity index (χ3v) is 6.36. The second-order valence-corrected chi connectivity index (χ2v) is 10.8. The molecular formula is C29H31Cl2F3N4O2. The van der Waals surface area contributed by atoms with Gasteiger partial charge in [0.05, 0.1) is 36.7 Å². The number of hydrogen-bond acceptors (Lipinski definition) is 4. The van der Waals surface area contributed by atoms with Crippen molar-refractivity contribution in [2.75, 3.05) is 32.8 Å². The van der Waals surface area contributed by atoms with Crippen molar-refractivity contribution in [2.45, 2.75) is 39.4 Å². The van der Waals surface area contributed by atoms with E-state index in [9.17, 15) is 18.0 Å². The van der Waals surface area contributed by atoms with Gasteiger partial charge in [0.2, 0.25) is 0 Å². The highest BCUT2D eigenvalue weighted by Crippen LogP contribution is 2.37. The number of benzene rings is 2. The van der Waals surface area contributed by atoms with E-state index in [1.165, 1.54) is 16.8 Å². The third-order valence-electron chi connectivity index (χ3n) is 6.11. The topological polar surface area (TPSA) is 59.4 Å². The Balaban J connectivity index is 0.00000441. The Morgan fingerprint density at radius 1 is 1.10 bits per heavy atom. The van der Waals surface area contributed by atoms with Crippen molar-refractivity contribution in [3.63, 3.8) is 0 Å². The number of morpholine rings is 1. The number of nitrogens with zero attached hydrogens (tertiary/aromatic N) is 3. The summed E-state index contributed by atoms with van der Waals surface area (Å²) in [5.41, 5.74) is -0.0119. The van der Waals surface area contributed by atoms with Gasteiger partial charge < -0.3 is 10.1 Å². The SMILES string of the molecule is Cc1c(C(=O)NC(C)(C)C)nn(-c2ccc(C#CCN3CCOCC3)cc2C(F)(F)F)c1-c1ccc(Cl)cc1.Cl. The number of aromatic nitrogens is 2. The molecule has 11 heteroatoms. The number of hydrogen-bond donors (Lipinski definition) is 1.